The van der Waals surface area contributed by atoms with Crippen LogP contribution in [0.3, 0.4) is 0 Å². The summed E-state index contributed by atoms with van der Waals surface area (Å²) < 4.78 is 9.02. The summed E-state index contributed by atoms with van der Waals surface area (Å²) in [6, 6.07) is 57.3. The largest absolute Gasteiger partial charge is 0.455 e. The molecule has 5 heteroatoms. The second-order valence-electron chi connectivity index (χ2n) is 13.1. The van der Waals surface area contributed by atoms with Crippen molar-refractivity contribution in [2.24, 2.45) is 0 Å². The molecule has 0 aliphatic carbocycles. The van der Waals surface area contributed by atoms with Crippen LogP contribution in [0.1, 0.15) is 0 Å². The minimum Gasteiger partial charge on any atom is -0.455 e. The summed E-state index contributed by atoms with van der Waals surface area (Å²) in [4.78, 5) is 15.9. The van der Waals surface area contributed by atoms with E-state index in [0.717, 1.165) is 71.3 Å². The van der Waals surface area contributed by atoms with E-state index in [0.29, 0.717) is 17.5 Å². The van der Waals surface area contributed by atoms with Gasteiger partial charge in [0.15, 0.2) is 17.5 Å². The molecule has 0 radical (unpaired) electrons. The van der Waals surface area contributed by atoms with Gasteiger partial charge in [0.2, 0.25) is 0 Å². The highest BCUT2D eigenvalue weighted by atomic mass is 32.1. The summed E-state index contributed by atoms with van der Waals surface area (Å²) >= 11 is 1.78. The lowest BCUT2D eigenvalue weighted by Gasteiger charge is -2.12. The van der Waals surface area contributed by atoms with Gasteiger partial charge in [-0.1, -0.05) is 133 Å². The van der Waals surface area contributed by atoms with E-state index in [2.05, 4.69) is 158 Å². The molecule has 0 saturated heterocycles. The molecule has 0 aliphatic heterocycles. The van der Waals surface area contributed by atoms with Crippen molar-refractivity contribution in [3.8, 4) is 45.3 Å². The van der Waals surface area contributed by atoms with E-state index in [-0.39, 0.29) is 0 Å². The highest BCUT2D eigenvalue weighted by Gasteiger charge is 2.21. The Balaban J connectivity index is 1.22. The molecule has 0 bridgehead atoms. The molecule has 3 aromatic heterocycles. The fraction of sp³-hybridized carbons (Fsp3) is 0. The summed E-state index contributed by atoms with van der Waals surface area (Å²) in [6.45, 7) is 0. The maximum absolute atomic E-state index is 6.61. The summed E-state index contributed by atoms with van der Waals surface area (Å²) in [5.41, 5.74) is 6.91. The van der Waals surface area contributed by atoms with Gasteiger partial charge in [-0.25, -0.2) is 15.0 Å². The number of hydrogen-bond donors (Lipinski definition) is 0. The van der Waals surface area contributed by atoms with Crippen LogP contribution in [0.4, 0.5) is 0 Å². The molecule has 4 nitrogen and oxygen atoms in total. The standard InChI is InChI=1S/C47H27N3OS/c1-2-12-28(13-3-1)30-24-25-41-38(26-30)39-27-40(32-17-6-7-19-34(32)43(39)51-41)47-49-45(36-21-10-15-29-14-4-5-16-31(29)36)48-46(50-47)37-22-11-20-35-33-18-8-9-23-42(33)52-44(35)37/h1-27H. The molecule has 0 spiro atoms. The van der Waals surface area contributed by atoms with E-state index < -0.39 is 0 Å². The third-order valence-corrected chi connectivity index (χ3v) is 11.4. The van der Waals surface area contributed by atoms with Gasteiger partial charge in [0.05, 0.1) is 0 Å². The van der Waals surface area contributed by atoms with Crippen LogP contribution in [-0.4, -0.2) is 15.0 Å². The molecule has 0 atom stereocenters. The molecular weight excluding hydrogens is 655 g/mol. The topological polar surface area (TPSA) is 51.8 Å². The fourth-order valence-corrected chi connectivity index (χ4v) is 8.89. The Hall–Kier alpha value is -6.69. The van der Waals surface area contributed by atoms with E-state index >= 15 is 0 Å². The first kappa shape index (κ1) is 29.1. The zero-order valence-corrected chi connectivity index (χ0v) is 28.6. The van der Waals surface area contributed by atoms with Crippen molar-refractivity contribution in [1.82, 2.24) is 15.0 Å². The number of hydrogen-bond acceptors (Lipinski definition) is 5. The first-order valence-corrected chi connectivity index (χ1v) is 18.2. The maximum atomic E-state index is 6.61. The highest BCUT2D eigenvalue weighted by Crippen LogP contribution is 2.43. The number of aromatic nitrogens is 3. The first-order chi connectivity index (χ1) is 25.8. The Kier molecular flexibility index (Phi) is 6.39. The molecule has 11 rings (SSSR count). The van der Waals surface area contributed by atoms with Gasteiger partial charge < -0.3 is 4.42 Å². The number of furan rings is 1. The van der Waals surface area contributed by atoms with Gasteiger partial charge in [-0.2, -0.15) is 0 Å². The minimum atomic E-state index is 0.623. The number of thiophene rings is 1. The molecule has 0 N–H and O–H groups in total. The Morgan fingerprint density at radius 2 is 1.02 bits per heavy atom. The van der Waals surface area contributed by atoms with E-state index in [1.165, 1.54) is 20.2 Å². The van der Waals surface area contributed by atoms with Gasteiger partial charge in [0.1, 0.15) is 11.2 Å². The van der Waals surface area contributed by atoms with Crippen LogP contribution >= 0.6 is 11.3 Å². The number of nitrogens with zero attached hydrogens (tertiary/aromatic N) is 3. The van der Waals surface area contributed by atoms with E-state index in [4.69, 9.17) is 19.4 Å². The van der Waals surface area contributed by atoms with Crippen LogP contribution in [0, 0.1) is 0 Å². The van der Waals surface area contributed by atoms with Crippen molar-refractivity contribution in [2.75, 3.05) is 0 Å². The third kappa shape index (κ3) is 4.50. The van der Waals surface area contributed by atoms with Crippen molar-refractivity contribution in [1.29, 1.82) is 0 Å². The van der Waals surface area contributed by atoms with E-state index in [1.807, 2.05) is 6.07 Å². The molecule has 242 valence electrons. The van der Waals surface area contributed by atoms with Gasteiger partial charge in [0, 0.05) is 53.0 Å². The Morgan fingerprint density at radius 3 is 1.88 bits per heavy atom. The monoisotopic (exact) mass is 681 g/mol. The molecule has 0 aliphatic rings. The fourth-order valence-electron chi connectivity index (χ4n) is 7.67. The summed E-state index contributed by atoms with van der Waals surface area (Å²) in [5, 5.41) is 8.82. The molecule has 0 amide bonds. The molecule has 0 fully saturated rings. The smallest absolute Gasteiger partial charge is 0.165 e. The van der Waals surface area contributed by atoms with Crippen LogP contribution in [0.15, 0.2) is 168 Å². The minimum absolute atomic E-state index is 0.623. The van der Waals surface area contributed by atoms with Crippen molar-refractivity contribution in [3.63, 3.8) is 0 Å². The highest BCUT2D eigenvalue weighted by molar-refractivity contribution is 7.26. The third-order valence-electron chi connectivity index (χ3n) is 10.1. The number of rotatable bonds is 4. The van der Waals surface area contributed by atoms with Gasteiger partial charge in [0.25, 0.3) is 0 Å². The molecule has 0 saturated carbocycles. The normalized spacial score (nSPS) is 11.8. The van der Waals surface area contributed by atoms with E-state index in [9.17, 15) is 0 Å². The predicted molar refractivity (Wildman–Crippen MR) is 217 cm³/mol. The van der Waals surface area contributed by atoms with Crippen LogP contribution in [-0.2, 0) is 0 Å². The molecular formula is C47H27N3OS. The van der Waals surface area contributed by atoms with Gasteiger partial charge in [-0.15, -0.1) is 11.3 Å². The summed E-state index contributed by atoms with van der Waals surface area (Å²) in [6.07, 6.45) is 0. The van der Waals surface area contributed by atoms with Gasteiger partial charge >= 0.3 is 0 Å². The Labute approximate surface area is 302 Å². The average molecular weight is 682 g/mol. The number of benzene rings is 8. The molecule has 52 heavy (non-hydrogen) atoms. The van der Waals surface area contributed by atoms with Crippen LogP contribution < -0.4 is 0 Å². The maximum Gasteiger partial charge on any atom is 0.165 e. The quantitative estimate of drug-likeness (QED) is 0.185. The SMILES string of the molecule is c1ccc(-c2ccc3oc4c5ccccc5c(-c5nc(-c6cccc7ccccc67)nc(-c6cccc7c6sc6ccccc67)n5)cc4c3c2)cc1. The van der Waals surface area contributed by atoms with Gasteiger partial charge in [-0.05, 0) is 57.6 Å². The van der Waals surface area contributed by atoms with Crippen LogP contribution in [0.5, 0.6) is 0 Å². The van der Waals surface area contributed by atoms with Crippen LogP contribution in [0.2, 0.25) is 0 Å². The van der Waals surface area contributed by atoms with Crippen molar-refractivity contribution in [3.05, 3.63) is 164 Å². The first-order valence-electron chi connectivity index (χ1n) is 17.4. The lowest BCUT2D eigenvalue weighted by atomic mass is 9.98. The zero-order chi connectivity index (χ0) is 34.2. The molecule has 0 unspecified atom stereocenters. The second kappa shape index (κ2) is 11.4. The molecule has 8 aromatic carbocycles. The van der Waals surface area contributed by atoms with Crippen molar-refractivity contribution in [2.45, 2.75) is 0 Å². The average Bonchev–Trinajstić information content (AvgIpc) is 3.79. The lowest BCUT2D eigenvalue weighted by molar-refractivity contribution is 0.673. The lowest BCUT2D eigenvalue weighted by Crippen LogP contribution is -2.01. The summed E-state index contributed by atoms with van der Waals surface area (Å²) in [7, 11) is 0. The Bertz CT molecular complexity index is 3190. The van der Waals surface area contributed by atoms with Crippen molar-refractivity contribution >= 4 is 75.0 Å². The molecule has 11 aromatic rings. The van der Waals surface area contributed by atoms with Crippen LogP contribution in [0.25, 0.3) is 109 Å². The Morgan fingerprint density at radius 1 is 0.385 bits per heavy atom. The molecule has 3 heterocycles. The van der Waals surface area contributed by atoms with Crippen molar-refractivity contribution < 1.29 is 4.42 Å². The second-order valence-corrected chi connectivity index (χ2v) is 14.2. The van der Waals surface area contributed by atoms with E-state index in [1.54, 1.807) is 11.3 Å². The number of fused-ring (bicyclic) bond motifs is 9. The zero-order valence-electron chi connectivity index (χ0n) is 27.7. The predicted octanol–water partition coefficient (Wildman–Crippen LogP) is 13.1. The van der Waals surface area contributed by atoms with Gasteiger partial charge in [-0.3, -0.25) is 0 Å². The summed E-state index contributed by atoms with van der Waals surface area (Å²) in [5.74, 6) is 1.91.